The predicted octanol–water partition coefficient (Wildman–Crippen LogP) is 2.61. The minimum atomic E-state index is -1.06. The van der Waals surface area contributed by atoms with Crippen LogP contribution in [0, 0.1) is 0 Å². The molecule has 1 N–H and O–H groups in total. The molecule has 0 aromatic heterocycles. The van der Waals surface area contributed by atoms with Gasteiger partial charge in [-0.2, -0.15) is 0 Å². The maximum absolute atomic E-state index is 12.6. The maximum atomic E-state index is 12.6. The smallest absolute Gasteiger partial charge is 0.305 e. The molecule has 0 aliphatic heterocycles. The van der Waals surface area contributed by atoms with E-state index in [-0.39, 0.29) is 12.6 Å². The molecule has 0 aromatic carbocycles. The molecule has 0 aliphatic rings. The van der Waals surface area contributed by atoms with Gasteiger partial charge in [0.2, 0.25) is 0 Å². The van der Waals surface area contributed by atoms with E-state index in [2.05, 4.69) is 4.74 Å². The molecule has 0 spiro atoms. The molecule has 0 aliphatic carbocycles. The summed E-state index contributed by atoms with van der Waals surface area (Å²) in [6.07, 6.45) is 5.76. The fraction of sp³-hybridized carbons (Fsp3) is 0.917. The number of rotatable bonds is 10. The molecule has 4 heteroatoms. The largest absolute Gasteiger partial charge is 0.469 e. The Morgan fingerprint density at radius 2 is 1.75 bits per heavy atom. The van der Waals surface area contributed by atoms with Gasteiger partial charge in [-0.3, -0.25) is 4.79 Å². The molecule has 0 saturated carbocycles. The highest BCUT2D eigenvalue weighted by Crippen LogP contribution is 2.11. The summed E-state index contributed by atoms with van der Waals surface area (Å²) in [5.41, 5.74) is 0. The molecular weight excluding hydrogens is 211 g/mol. The highest BCUT2D eigenvalue weighted by atomic mass is 19.1. The van der Waals surface area contributed by atoms with Crippen LogP contribution in [0.1, 0.15) is 51.4 Å². The first-order valence-corrected chi connectivity index (χ1v) is 6.02. The highest BCUT2D eigenvalue weighted by molar-refractivity contribution is 5.68. The molecule has 0 bridgehead atoms. The molecule has 0 heterocycles. The SMILES string of the molecule is COC(=O)CCCCCCCC[C@@H](F)CO. The zero-order valence-electron chi connectivity index (χ0n) is 10.1. The van der Waals surface area contributed by atoms with Crippen molar-refractivity contribution in [3.05, 3.63) is 0 Å². The normalized spacial score (nSPS) is 12.4. The molecule has 16 heavy (non-hydrogen) atoms. The van der Waals surface area contributed by atoms with Crippen LogP contribution in [0.25, 0.3) is 0 Å². The first kappa shape index (κ1) is 15.4. The minimum Gasteiger partial charge on any atom is -0.469 e. The van der Waals surface area contributed by atoms with Gasteiger partial charge in [-0.05, 0) is 12.8 Å². The van der Waals surface area contributed by atoms with Crippen LogP contribution >= 0.6 is 0 Å². The average molecular weight is 234 g/mol. The number of carbonyl (C=O) groups is 1. The molecule has 96 valence electrons. The number of aliphatic hydroxyl groups is 1. The second kappa shape index (κ2) is 10.9. The number of esters is 1. The Morgan fingerprint density at radius 1 is 1.19 bits per heavy atom. The summed E-state index contributed by atoms with van der Waals surface area (Å²) in [6.45, 7) is -0.362. The van der Waals surface area contributed by atoms with E-state index in [9.17, 15) is 9.18 Å². The van der Waals surface area contributed by atoms with E-state index in [4.69, 9.17) is 5.11 Å². The summed E-state index contributed by atoms with van der Waals surface area (Å²) in [5, 5.41) is 8.46. The Morgan fingerprint density at radius 3 is 2.31 bits per heavy atom. The van der Waals surface area contributed by atoms with Crippen LogP contribution in [0.5, 0.6) is 0 Å². The lowest BCUT2D eigenvalue weighted by Gasteiger charge is -2.04. The number of hydrogen-bond acceptors (Lipinski definition) is 3. The third-order valence-corrected chi connectivity index (χ3v) is 2.57. The van der Waals surface area contributed by atoms with Gasteiger partial charge in [0.25, 0.3) is 0 Å². The molecule has 0 unspecified atom stereocenters. The second-order valence-corrected chi connectivity index (χ2v) is 4.02. The van der Waals surface area contributed by atoms with Crippen molar-refractivity contribution < 1.29 is 19.0 Å². The van der Waals surface area contributed by atoms with Crippen molar-refractivity contribution >= 4 is 5.97 Å². The Kier molecular flexibility index (Phi) is 10.4. The predicted molar refractivity (Wildman–Crippen MR) is 60.9 cm³/mol. The van der Waals surface area contributed by atoms with Crippen molar-refractivity contribution in [2.75, 3.05) is 13.7 Å². The Hall–Kier alpha value is -0.640. The fourth-order valence-corrected chi connectivity index (χ4v) is 1.54. The van der Waals surface area contributed by atoms with Crippen molar-refractivity contribution in [2.24, 2.45) is 0 Å². The van der Waals surface area contributed by atoms with Gasteiger partial charge < -0.3 is 9.84 Å². The minimum absolute atomic E-state index is 0.150. The van der Waals surface area contributed by atoms with Crippen LogP contribution in [0.15, 0.2) is 0 Å². The van der Waals surface area contributed by atoms with Crippen LogP contribution in [-0.4, -0.2) is 31.0 Å². The summed E-state index contributed by atoms with van der Waals surface area (Å²) in [7, 11) is 1.40. The van der Waals surface area contributed by atoms with E-state index in [1.165, 1.54) is 7.11 Å². The highest BCUT2D eigenvalue weighted by Gasteiger charge is 2.03. The van der Waals surface area contributed by atoms with E-state index in [0.29, 0.717) is 12.8 Å². The molecule has 0 saturated heterocycles. The first-order chi connectivity index (χ1) is 7.70. The van der Waals surface area contributed by atoms with Gasteiger partial charge in [0, 0.05) is 6.42 Å². The van der Waals surface area contributed by atoms with E-state index in [1.54, 1.807) is 0 Å². The second-order valence-electron chi connectivity index (χ2n) is 4.02. The molecule has 0 rings (SSSR count). The van der Waals surface area contributed by atoms with E-state index < -0.39 is 6.17 Å². The van der Waals surface area contributed by atoms with Crippen molar-refractivity contribution in [3.63, 3.8) is 0 Å². The van der Waals surface area contributed by atoms with Crippen molar-refractivity contribution in [3.8, 4) is 0 Å². The summed E-state index contributed by atoms with van der Waals surface area (Å²) in [4.78, 5) is 10.8. The zero-order valence-corrected chi connectivity index (χ0v) is 10.1. The van der Waals surface area contributed by atoms with E-state index >= 15 is 0 Å². The Balaban J connectivity index is 3.07. The fourth-order valence-electron chi connectivity index (χ4n) is 1.54. The van der Waals surface area contributed by atoms with Crippen LogP contribution in [0.4, 0.5) is 4.39 Å². The van der Waals surface area contributed by atoms with Crippen molar-refractivity contribution in [1.29, 1.82) is 0 Å². The van der Waals surface area contributed by atoms with Gasteiger partial charge >= 0.3 is 5.97 Å². The van der Waals surface area contributed by atoms with Crippen molar-refractivity contribution in [2.45, 2.75) is 57.5 Å². The molecule has 0 amide bonds. The number of hydrogen-bond donors (Lipinski definition) is 1. The van der Waals surface area contributed by atoms with Crippen LogP contribution < -0.4 is 0 Å². The molecule has 0 radical (unpaired) electrons. The summed E-state index contributed by atoms with van der Waals surface area (Å²) in [5.74, 6) is -0.150. The van der Waals surface area contributed by atoms with Gasteiger partial charge in [-0.25, -0.2) is 4.39 Å². The van der Waals surface area contributed by atoms with Gasteiger partial charge in [0.15, 0.2) is 0 Å². The molecule has 1 atom stereocenters. The first-order valence-electron chi connectivity index (χ1n) is 6.02. The number of halogens is 1. The number of ether oxygens (including phenoxy) is 1. The lowest BCUT2D eigenvalue weighted by Crippen LogP contribution is -2.05. The summed E-state index contributed by atoms with van der Waals surface area (Å²) >= 11 is 0. The van der Waals surface area contributed by atoms with Crippen LogP contribution in [0.2, 0.25) is 0 Å². The third kappa shape index (κ3) is 9.90. The maximum Gasteiger partial charge on any atom is 0.305 e. The lowest BCUT2D eigenvalue weighted by molar-refractivity contribution is -0.140. The number of alkyl halides is 1. The summed E-state index contributed by atoms with van der Waals surface area (Å²) < 4.78 is 17.1. The van der Waals surface area contributed by atoms with E-state index in [1.807, 2.05) is 0 Å². The lowest BCUT2D eigenvalue weighted by atomic mass is 10.1. The van der Waals surface area contributed by atoms with Gasteiger partial charge in [-0.1, -0.05) is 32.1 Å². The topological polar surface area (TPSA) is 46.5 Å². The number of aliphatic hydroxyl groups excluding tert-OH is 1. The van der Waals surface area contributed by atoms with Gasteiger partial charge in [0.05, 0.1) is 13.7 Å². The molecule has 3 nitrogen and oxygen atoms in total. The quantitative estimate of drug-likeness (QED) is 0.467. The third-order valence-electron chi connectivity index (χ3n) is 2.57. The zero-order chi connectivity index (χ0) is 12.2. The van der Waals surface area contributed by atoms with E-state index in [0.717, 1.165) is 38.5 Å². The standard InChI is InChI=1S/C12H23FO3/c1-16-12(15)9-7-5-3-2-4-6-8-11(13)10-14/h11,14H,2-10H2,1H3/t11-/m1/s1. The number of methoxy groups -OCH3 is 1. The van der Waals surface area contributed by atoms with Gasteiger partial charge in [-0.15, -0.1) is 0 Å². The van der Waals surface area contributed by atoms with Crippen LogP contribution in [-0.2, 0) is 9.53 Å². The Bertz CT molecular complexity index is 174. The summed E-state index contributed by atoms with van der Waals surface area (Å²) in [6, 6.07) is 0. The number of unbranched alkanes of at least 4 members (excludes halogenated alkanes) is 5. The van der Waals surface area contributed by atoms with Gasteiger partial charge in [0.1, 0.15) is 6.17 Å². The van der Waals surface area contributed by atoms with Crippen molar-refractivity contribution in [1.82, 2.24) is 0 Å². The molecular formula is C12H23FO3. The molecule has 0 aromatic rings. The monoisotopic (exact) mass is 234 g/mol. The average Bonchev–Trinajstić information content (AvgIpc) is 2.31. The van der Waals surface area contributed by atoms with Crippen LogP contribution in [0.3, 0.4) is 0 Å². The Labute approximate surface area is 97.0 Å². The number of carbonyl (C=O) groups excluding carboxylic acids is 1. The molecule has 0 fully saturated rings.